The van der Waals surface area contributed by atoms with Gasteiger partial charge in [-0.05, 0) is 23.2 Å². The Labute approximate surface area is 144 Å². The van der Waals surface area contributed by atoms with Crippen molar-refractivity contribution in [3.63, 3.8) is 0 Å². The van der Waals surface area contributed by atoms with Crippen LogP contribution >= 0.6 is 15.9 Å². The number of benzene rings is 2. The molecule has 0 aromatic heterocycles. The Morgan fingerprint density at radius 2 is 1.82 bits per heavy atom. The summed E-state index contributed by atoms with van der Waals surface area (Å²) in [6.07, 6.45) is 3.86. The van der Waals surface area contributed by atoms with Crippen LogP contribution in [0.3, 0.4) is 0 Å². The van der Waals surface area contributed by atoms with Crippen LogP contribution in [0.15, 0.2) is 65.4 Å². The molecule has 2 N–H and O–H groups in total. The largest absolute Gasteiger partial charge is 1.00 e. The average molecular weight is 376 g/mol. The van der Waals surface area contributed by atoms with E-state index in [4.69, 9.17) is 5.73 Å². The van der Waals surface area contributed by atoms with Gasteiger partial charge in [-0.25, -0.2) is 4.90 Å². The van der Waals surface area contributed by atoms with Crippen LogP contribution in [0.1, 0.15) is 16.7 Å². The van der Waals surface area contributed by atoms with E-state index in [1.54, 1.807) is 0 Å². The highest BCUT2D eigenvalue weighted by molar-refractivity contribution is 9.10. The van der Waals surface area contributed by atoms with Crippen molar-refractivity contribution in [3.8, 4) is 0 Å². The first-order chi connectivity index (χ1) is 10.3. The molecule has 4 rings (SSSR count). The van der Waals surface area contributed by atoms with Gasteiger partial charge in [-0.2, -0.15) is 0 Å². The van der Waals surface area contributed by atoms with E-state index < -0.39 is 0 Å². The van der Waals surface area contributed by atoms with Crippen LogP contribution < -0.4 is 23.1 Å². The molecule has 1 atom stereocenters. The molecule has 0 saturated carbocycles. The van der Waals surface area contributed by atoms with Crippen LogP contribution in [0.4, 0.5) is 0 Å². The van der Waals surface area contributed by atoms with Gasteiger partial charge in [-0.15, -0.1) is 0 Å². The van der Waals surface area contributed by atoms with Gasteiger partial charge in [0.1, 0.15) is 6.20 Å². The van der Waals surface area contributed by atoms with Gasteiger partial charge < -0.3 is 18.1 Å². The maximum absolute atomic E-state index is 6.27. The molecular formula is C17H14BrClN3. The normalized spacial score (nSPS) is 21.2. The number of nitrogens with zero attached hydrogens (tertiary/aromatic N) is 2. The summed E-state index contributed by atoms with van der Waals surface area (Å²) >= 11 is 3.50. The number of rotatable bonds is 2. The minimum atomic E-state index is -0.372. The lowest BCUT2D eigenvalue weighted by Gasteiger charge is -2.31. The van der Waals surface area contributed by atoms with Gasteiger partial charge in [-0.3, -0.25) is 0 Å². The number of fused-ring (bicyclic) bond motifs is 3. The quantitative estimate of drug-likeness (QED) is 0.772. The van der Waals surface area contributed by atoms with Crippen LogP contribution in [-0.4, -0.2) is 17.3 Å². The monoisotopic (exact) mass is 374 g/mol. The maximum Gasteiger partial charge on any atom is 0.331 e. The minimum absolute atomic E-state index is 0. The number of aliphatic imine (C=N–C) groups is 1. The van der Waals surface area contributed by atoms with Crippen molar-refractivity contribution in [1.82, 2.24) is 9.89 Å². The van der Waals surface area contributed by atoms with Gasteiger partial charge in [0.05, 0.1) is 5.56 Å². The molecule has 2 aliphatic rings. The summed E-state index contributed by atoms with van der Waals surface area (Å²) in [5.74, 6) is 0.985. The Kier molecular flexibility index (Phi) is 3.85. The molecule has 0 amide bonds. The van der Waals surface area contributed by atoms with Crippen LogP contribution in [0.25, 0.3) is 0 Å². The predicted molar refractivity (Wildman–Crippen MR) is 87.6 cm³/mol. The fraction of sp³-hybridized carbons (Fsp3) is 0.118. The number of hydrogen-bond acceptors (Lipinski definition) is 3. The average Bonchev–Trinajstić information content (AvgIpc) is 3.09. The highest BCUT2D eigenvalue weighted by Crippen LogP contribution is 2.44. The molecule has 2 aromatic carbocycles. The Morgan fingerprint density at radius 1 is 1.09 bits per heavy atom. The molecule has 0 aliphatic carbocycles. The predicted octanol–water partition coefficient (Wildman–Crippen LogP) is -0.462. The standard InChI is InChI=1S/C17H14BrN3.ClH/c18-13-7-5-12(6-8-13)17(11-19)15-4-2-1-3-14(15)16-20-9-10-21(16)17;/h1-10H,11,19H2;1H/q+1;/p-1. The molecule has 2 aromatic rings. The van der Waals surface area contributed by atoms with E-state index in [1.165, 1.54) is 11.1 Å². The van der Waals surface area contributed by atoms with Gasteiger partial charge in [0.25, 0.3) is 0 Å². The van der Waals surface area contributed by atoms with Gasteiger partial charge in [0.15, 0.2) is 11.7 Å². The Bertz CT molecular complexity index is 770. The van der Waals surface area contributed by atoms with E-state index in [9.17, 15) is 0 Å². The highest BCUT2D eigenvalue weighted by atomic mass is 79.9. The fourth-order valence-corrected chi connectivity index (χ4v) is 3.59. The van der Waals surface area contributed by atoms with E-state index in [0.717, 1.165) is 15.9 Å². The first kappa shape index (κ1) is 15.3. The van der Waals surface area contributed by atoms with Crippen molar-refractivity contribution in [1.29, 1.82) is 0 Å². The van der Waals surface area contributed by atoms with Gasteiger partial charge in [0, 0.05) is 22.1 Å². The molecule has 0 bridgehead atoms. The fourth-order valence-electron chi connectivity index (χ4n) is 3.33. The summed E-state index contributed by atoms with van der Waals surface area (Å²) in [6.45, 7) is 0.495. The van der Waals surface area contributed by atoms with Crippen molar-refractivity contribution in [2.24, 2.45) is 5.73 Å². The number of hydrogen-bond donors (Lipinski definition) is 1. The molecule has 0 spiro atoms. The lowest BCUT2D eigenvalue weighted by Crippen LogP contribution is -3.00. The first-order valence-corrected chi connectivity index (χ1v) is 7.66. The summed E-state index contributed by atoms with van der Waals surface area (Å²) < 4.78 is 1.07. The number of halogens is 2. The Balaban J connectivity index is 0.00000144. The maximum atomic E-state index is 6.27. The van der Waals surface area contributed by atoms with Crippen molar-refractivity contribution >= 4 is 21.8 Å². The van der Waals surface area contributed by atoms with E-state index in [-0.39, 0.29) is 17.9 Å². The molecule has 3 nitrogen and oxygen atoms in total. The van der Waals surface area contributed by atoms with E-state index in [0.29, 0.717) is 6.54 Å². The summed E-state index contributed by atoms with van der Waals surface area (Å²) in [6, 6.07) is 16.8. The summed E-state index contributed by atoms with van der Waals surface area (Å²) in [5, 5.41) is 0. The third kappa shape index (κ3) is 1.88. The number of nitrogens with two attached hydrogens (primary N) is 1. The van der Waals surface area contributed by atoms with Crippen molar-refractivity contribution in [3.05, 3.63) is 82.1 Å². The zero-order chi connectivity index (χ0) is 14.4. The van der Waals surface area contributed by atoms with Crippen molar-refractivity contribution in [2.45, 2.75) is 5.54 Å². The van der Waals surface area contributed by atoms with E-state index in [1.807, 2.05) is 18.5 Å². The molecule has 0 fully saturated rings. The smallest absolute Gasteiger partial charge is 0.331 e. The summed E-state index contributed by atoms with van der Waals surface area (Å²) in [5.41, 5.74) is 9.46. The van der Waals surface area contributed by atoms with Gasteiger partial charge >= 0.3 is 5.84 Å². The second-order valence-electron chi connectivity index (χ2n) is 5.24. The Morgan fingerprint density at radius 3 is 2.55 bits per heavy atom. The molecule has 22 heavy (non-hydrogen) atoms. The lowest BCUT2D eigenvalue weighted by atomic mass is 9.83. The SMILES string of the molecule is NCC1(c2ccc(Br)cc2)c2ccccc2C2=[N+]C=CN21.[Cl-]. The minimum Gasteiger partial charge on any atom is -1.00 e. The number of amidine groups is 1. The van der Waals surface area contributed by atoms with Gasteiger partial charge in [-0.1, -0.05) is 46.3 Å². The molecule has 1 radical (unpaired) electrons. The highest BCUT2D eigenvalue weighted by Gasteiger charge is 2.56. The van der Waals surface area contributed by atoms with Crippen LogP contribution in [0.5, 0.6) is 0 Å². The molecule has 2 heterocycles. The van der Waals surface area contributed by atoms with Crippen LogP contribution in [-0.2, 0) is 5.54 Å². The third-order valence-electron chi connectivity index (χ3n) is 4.28. The second-order valence-corrected chi connectivity index (χ2v) is 6.15. The lowest BCUT2D eigenvalue weighted by molar-refractivity contribution is -0.00000419. The van der Waals surface area contributed by atoms with Gasteiger partial charge in [0.2, 0.25) is 0 Å². The van der Waals surface area contributed by atoms with Crippen LogP contribution in [0, 0.1) is 0 Å². The van der Waals surface area contributed by atoms with E-state index >= 15 is 0 Å². The van der Waals surface area contributed by atoms with Crippen molar-refractivity contribution in [2.75, 3.05) is 6.54 Å². The van der Waals surface area contributed by atoms with Crippen molar-refractivity contribution < 1.29 is 12.4 Å². The molecule has 5 heteroatoms. The molecule has 2 aliphatic heterocycles. The van der Waals surface area contributed by atoms with Crippen LogP contribution in [0.2, 0.25) is 0 Å². The first-order valence-electron chi connectivity index (χ1n) is 6.87. The topological polar surface area (TPSA) is 43.4 Å². The second kappa shape index (κ2) is 5.54. The summed E-state index contributed by atoms with van der Waals surface area (Å²) in [7, 11) is 0. The molecular weight excluding hydrogens is 362 g/mol. The summed E-state index contributed by atoms with van der Waals surface area (Å²) in [4.78, 5) is 6.72. The third-order valence-corrected chi connectivity index (χ3v) is 4.81. The zero-order valence-corrected chi connectivity index (χ0v) is 14.1. The van der Waals surface area contributed by atoms with E-state index in [2.05, 4.69) is 68.3 Å². The zero-order valence-electron chi connectivity index (χ0n) is 11.7. The molecule has 1 unspecified atom stereocenters. The Hall–Kier alpha value is -1.62. The molecule has 111 valence electrons. The molecule has 0 saturated heterocycles.